The van der Waals surface area contributed by atoms with E-state index in [4.69, 9.17) is 0 Å². The normalized spacial score (nSPS) is 17.9. The highest BCUT2D eigenvalue weighted by Gasteiger charge is 2.24. The van der Waals surface area contributed by atoms with Gasteiger partial charge in [-0.3, -0.25) is 4.90 Å². The first-order valence-corrected chi connectivity index (χ1v) is 8.44. The Morgan fingerprint density at radius 2 is 1.64 bits per heavy atom. The Hall–Kier alpha value is -1.57. The second-order valence-electron chi connectivity index (χ2n) is 5.77. The van der Waals surface area contributed by atoms with E-state index < -0.39 is 0 Å². The lowest BCUT2D eigenvalue weighted by atomic mass is 10.0. The van der Waals surface area contributed by atoms with Gasteiger partial charge in [-0.1, -0.05) is 19.1 Å². The molecule has 1 heterocycles. The van der Waals surface area contributed by atoms with Crippen molar-refractivity contribution in [2.24, 2.45) is 0 Å². The van der Waals surface area contributed by atoms with Crippen LogP contribution in [0.15, 0.2) is 24.3 Å². The molecule has 4 nitrogen and oxygen atoms in total. The van der Waals surface area contributed by atoms with E-state index in [-0.39, 0.29) is 6.04 Å². The van der Waals surface area contributed by atoms with E-state index in [0.29, 0.717) is 0 Å². The fourth-order valence-electron chi connectivity index (χ4n) is 3.16. The Morgan fingerprint density at radius 3 is 2.09 bits per heavy atom. The summed E-state index contributed by atoms with van der Waals surface area (Å²) in [7, 11) is 0. The molecule has 4 heteroatoms. The fourth-order valence-corrected chi connectivity index (χ4v) is 3.16. The zero-order chi connectivity index (χ0) is 15.9. The van der Waals surface area contributed by atoms with Gasteiger partial charge < -0.3 is 9.80 Å². The predicted molar refractivity (Wildman–Crippen MR) is 92.0 cm³/mol. The molecule has 1 aliphatic heterocycles. The lowest BCUT2D eigenvalue weighted by Gasteiger charge is -2.36. The zero-order valence-corrected chi connectivity index (χ0v) is 14.1. The van der Waals surface area contributed by atoms with Crippen LogP contribution in [-0.4, -0.2) is 55.6 Å². The number of nitrogens with zero attached hydrogens (tertiary/aromatic N) is 4. The van der Waals surface area contributed by atoms with E-state index in [1.807, 2.05) is 0 Å². The quantitative estimate of drug-likeness (QED) is 0.809. The number of nitriles is 1. The molecule has 0 radical (unpaired) electrons. The number of anilines is 1. The lowest BCUT2D eigenvalue weighted by Crippen LogP contribution is -2.47. The first kappa shape index (κ1) is 16.8. The topological polar surface area (TPSA) is 33.5 Å². The minimum Gasteiger partial charge on any atom is -0.372 e. The first-order valence-electron chi connectivity index (χ1n) is 8.44. The van der Waals surface area contributed by atoms with Gasteiger partial charge in [0, 0.05) is 45.0 Å². The smallest absolute Gasteiger partial charge is 0.123 e. The molecule has 1 aromatic rings. The highest BCUT2D eigenvalue weighted by Crippen LogP contribution is 2.24. The summed E-state index contributed by atoms with van der Waals surface area (Å²) in [5, 5.41) is 9.61. The molecule has 0 saturated carbocycles. The summed E-state index contributed by atoms with van der Waals surface area (Å²) in [5.41, 5.74) is 2.35. The number of benzene rings is 1. The number of hydrogen-bond donors (Lipinski definition) is 0. The molecule has 22 heavy (non-hydrogen) atoms. The van der Waals surface area contributed by atoms with Crippen LogP contribution in [0.2, 0.25) is 0 Å². The maximum absolute atomic E-state index is 9.61. The third-order valence-electron chi connectivity index (χ3n) is 4.68. The van der Waals surface area contributed by atoms with Crippen molar-refractivity contribution in [3.8, 4) is 6.07 Å². The monoisotopic (exact) mass is 300 g/mol. The Bertz CT molecular complexity index is 479. The van der Waals surface area contributed by atoms with Crippen LogP contribution in [0.25, 0.3) is 0 Å². The highest BCUT2D eigenvalue weighted by atomic mass is 15.3. The van der Waals surface area contributed by atoms with Crippen molar-refractivity contribution in [2.45, 2.75) is 26.8 Å². The van der Waals surface area contributed by atoms with Crippen LogP contribution in [0.4, 0.5) is 5.69 Å². The van der Waals surface area contributed by atoms with Gasteiger partial charge in [-0.15, -0.1) is 0 Å². The lowest BCUT2D eigenvalue weighted by molar-refractivity contribution is 0.118. The van der Waals surface area contributed by atoms with Crippen LogP contribution < -0.4 is 4.90 Å². The number of hydrogen-bond acceptors (Lipinski definition) is 4. The van der Waals surface area contributed by atoms with Crippen molar-refractivity contribution in [3.05, 3.63) is 29.8 Å². The molecule has 1 saturated heterocycles. The molecule has 2 rings (SSSR count). The predicted octanol–water partition coefficient (Wildman–Crippen LogP) is 2.73. The third kappa shape index (κ3) is 3.79. The van der Waals surface area contributed by atoms with Crippen LogP contribution in [0, 0.1) is 11.3 Å². The minimum atomic E-state index is -0.121. The van der Waals surface area contributed by atoms with Crippen LogP contribution in [-0.2, 0) is 0 Å². The molecule has 0 spiro atoms. The van der Waals surface area contributed by atoms with Gasteiger partial charge in [0.2, 0.25) is 0 Å². The summed E-state index contributed by atoms with van der Waals surface area (Å²) in [5.74, 6) is 0. The molecule has 1 fully saturated rings. The standard InChI is InChI=1S/C18H28N4/c1-4-20-11-13-22(14-12-20)18(15-19)16-7-9-17(10-8-16)21(5-2)6-3/h7-10,18H,4-6,11-14H2,1-3H3. The van der Waals surface area contributed by atoms with E-state index in [0.717, 1.165) is 51.4 Å². The van der Waals surface area contributed by atoms with Gasteiger partial charge >= 0.3 is 0 Å². The number of rotatable bonds is 6. The molecule has 1 unspecified atom stereocenters. The molecular formula is C18H28N4. The van der Waals surface area contributed by atoms with Crippen LogP contribution in [0.3, 0.4) is 0 Å². The van der Waals surface area contributed by atoms with Crippen molar-refractivity contribution in [3.63, 3.8) is 0 Å². The minimum absolute atomic E-state index is 0.121. The largest absolute Gasteiger partial charge is 0.372 e. The summed E-state index contributed by atoms with van der Waals surface area (Å²) in [6.07, 6.45) is 0. The van der Waals surface area contributed by atoms with Crippen molar-refractivity contribution in [2.75, 3.05) is 50.7 Å². The molecule has 0 amide bonds. The molecular weight excluding hydrogens is 272 g/mol. The maximum Gasteiger partial charge on any atom is 0.123 e. The van der Waals surface area contributed by atoms with E-state index in [1.165, 1.54) is 5.69 Å². The van der Waals surface area contributed by atoms with E-state index in [2.05, 4.69) is 65.8 Å². The van der Waals surface area contributed by atoms with Gasteiger partial charge in [0.1, 0.15) is 6.04 Å². The van der Waals surface area contributed by atoms with E-state index in [9.17, 15) is 5.26 Å². The molecule has 0 aromatic heterocycles. The maximum atomic E-state index is 9.61. The van der Waals surface area contributed by atoms with Crippen molar-refractivity contribution >= 4 is 5.69 Å². The highest BCUT2D eigenvalue weighted by molar-refractivity contribution is 5.48. The number of likely N-dealkylation sites (N-methyl/N-ethyl adjacent to an activating group) is 1. The van der Waals surface area contributed by atoms with Gasteiger partial charge in [0.05, 0.1) is 6.07 Å². The summed E-state index contributed by atoms with van der Waals surface area (Å²) in [6, 6.07) is 10.9. The van der Waals surface area contributed by atoms with Crippen LogP contribution >= 0.6 is 0 Å². The fraction of sp³-hybridized carbons (Fsp3) is 0.611. The van der Waals surface area contributed by atoms with Crippen molar-refractivity contribution < 1.29 is 0 Å². The van der Waals surface area contributed by atoms with Crippen molar-refractivity contribution in [1.29, 1.82) is 5.26 Å². The second kappa shape index (κ2) is 8.17. The van der Waals surface area contributed by atoms with E-state index >= 15 is 0 Å². The first-order chi connectivity index (χ1) is 10.7. The molecule has 0 N–H and O–H groups in total. The molecule has 1 aromatic carbocycles. The van der Waals surface area contributed by atoms with Gasteiger partial charge in [0.15, 0.2) is 0 Å². The summed E-state index contributed by atoms with van der Waals surface area (Å²) >= 11 is 0. The van der Waals surface area contributed by atoms with Crippen molar-refractivity contribution in [1.82, 2.24) is 9.80 Å². The summed E-state index contributed by atoms with van der Waals surface area (Å²) in [4.78, 5) is 7.07. The average molecular weight is 300 g/mol. The third-order valence-corrected chi connectivity index (χ3v) is 4.68. The Balaban J connectivity index is 2.07. The van der Waals surface area contributed by atoms with Crippen LogP contribution in [0.1, 0.15) is 32.4 Å². The Morgan fingerprint density at radius 1 is 1.05 bits per heavy atom. The van der Waals surface area contributed by atoms with Gasteiger partial charge in [-0.25, -0.2) is 0 Å². The molecule has 0 aliphatic carbocycles. The number of piperazine rings is 1. The Labute approximate surface area is 134 Å². The van der Waals surface area contributed by atoms with Gasteiger partial charge in [0.25, 0.3) is 0 Å². The summed E-state index contributed by atoms with van der Waals surface area (Å²) in [6.45, 7) is 13.7. The molecule has 1 atom stereocenters. The second-order valence-corrected chi connectivity index (χ2v) is 5.77. The summed E-state index contributed by atoms with van der Waals surface area (Å²) < 4.78 is 0. The Kier molecular flexibility index (Phi) is 6.23. The van der Waals surface area contributed by atoms with Gasteiger partial charge in [-0.05, 0) is 38.1 Å². The molecule has 1 aliphatic rings. The zero-order valence-electron chi connectivity index (χ0n) is 14.1. The molecule has 0 bridgehead atoms. The average Bonchev–Trinajstić information content (AvgIpc) is 2.58. The SMILES string of the molecule is CCN1CCN(C(C#N)c2ccc(N(CC)CC)cc2)CC1. The molecule has 120 valence electrons. The van der Waals surface area contributed by atoms with E-state index in [1.54, 1.807) is 0 Å². The van der Waals surface area contributed by atoms with Gasteiger partial charge in [-0.2, -0.15) is 5.26 Å². The van der Waals surface area contributed by atoms with Crippen LogP contribution in [0.5, 0.6) is 0 Å².